The quantitative estimate of drug-likeness (QED) is 0.843. The van der Waals surface area contributed by atoms with Crippen LogP contribution in [0.5, 0.6) is 0 Å². The van der Waals surface area contributed by atoms with Crippen molar-refractivity contribution in [2.45, 2.75) is 26.3 Å². The fraction of sp³-hybridized carbons (Fsp3) is 0.611. The van der Waals surface area contributed by atoms with E-state index in [1.807, 2.05) is 12.3 Å². The Bertz CT molecular complexity index is 681. The second-order valence-electron chi connectivity index (χ2n) is 7.00. The van der Waals surface area contributed by atoms with E-state index in [0.29, 0.717) is 18.3 Å². The third kappa shape index (κ3) is 3.99. The van der Waals surface area contributed by atoms with Gasteiger partial charge in [-0.2, -0.15) is 4.98 Å². The molecule has 1 atom stereocenters. The highest BCUT2D eigenvalue weighted by Crippen LogP contribution is 2.23. The number of anilines is 1. The number of hydrogen-bond acceptors (Lipinski definition) is 7. The molecule has 7 heteroatoms. The SMILES string of the molecule is CC1CCCN(c2ccc(-c3noc(CN4CCOCC4)n3)cn2)C1. The molecule has 2 aromatic heterocycles. The number of aromatic nitrogens is 3. The van der Waals surface area contributed by atoms with E-state index in [2.05, 4.69) is 37.9 Å². The topological polar surface area (TPSA) is 67.5 Å². The molecule has 2 aliphatic heterocycles. The molecule has 2 fully saturated rings. The lowest BCUT2D eigenvalue weighted by Crippen LogP contribution is -2.35. The van der Waals surface area contributed by atoms with Crippen molar-refractivity contribution in [1.29, 1.82) is 0 Å². The van der Waals surface area contributed by atoms with Crippen molar-refractivity contribution < 1.29 is 9.26 Å². The summed E-state index contributed by atoms with van der Waals surface area (Å²) in [5.74, 6) is 3.02. The van der Waals surface area contributed by atoms with Gasteiger partial charge in [0.15, 0.2) is 0 Å². The summed E-state index contributed by atoms with van der Waals surface area (Å²) in [6.07, 6.45) is 4.39. The number of pyridine rings is 1. The van der Waals surface area contributed by atoms with E-state index in [4.69, 9.17) is 9.26 Å². The van der Waals surface area contributed by atoms with Crippen LogP contribution in [0.15, 0.2) is 22.9 Å². The van der Waals surface area contributed by atoms with Crippen LogP contribution in [0, 0.1) is 5.92 Å². The average molecular weight is 343 g/mol. The maximum absolute atomic E-state index is 5.40. The number of ether oxygens (including phenoxy) is 1. The van der Waals surface area contributed by atoms with Crippen LogP contribution >= 0.6 is 0 Å². The van der Waals surface area contributed by atoms with Gasteiger partial charge in [0.05, 0.1) is 19.8 Å². The number of piperidine rings is 1. The predicted molar refractivity (Wildman–Crippen MR) is 94.2 cm³/mol. The number of rotatable bonds is 4. The molecule has 2 saturated heterocycles. The van der Waals surface area contributed by atoms with Crippen LogP contribution < -0.4 is 4.90 Å². The van der Waals surface area contributed by atoms with E-state index in [1.165, 1.54) is 12.8 Å². The number of hydrogen-bond donors (Lipinski definition) is 0. The Labute approximate surface area is 148 Å². The summed E-state index contributed by atoms with van der Waals surface area (Å²) in [6, 6.07) is 4.09. The van der Waals surface area contributed by atoms with Gasteiger partial charge in [-0.25, -0.2) is 4.98 Å². The lowest BCUT2D eigenvalue weighted by Gasteiger charge is -2.31. The molecule has 2 aliphatic rings. The van der Waals surface area contributed by atoms with E-state index < -0.39 is 0 Å². The van der Waals surface area contributed by atoms with Crippen molar-refractivity contribution in [2.75, 3.05) is 44.3 Å². The first kappa shape index (κ1) is 16.5. The van der Waals surface area contributed by atoms with Gasteiger partial charge in [-0.1, -0.05) is 12.1 Å². The number of nitrogens with zero attached hydrogens (tertiary/aromatic N) is 5. The molecular weight excluding hydrogens is 318 g/mol. The molecule has 0 aromatic carbocycles. The van der Waals surface area contributed by atoms with Gasteiger partial charge in [0.2, 0.25) is 11.7 Å². The molecule has 25 heavy (non-hydrogen) atoms. The van der Waals surface area contributed by atoms with Gasteiger partial charge >= 0.3 is 0 Å². The monoisotopic (exact) mass is 343 g/mol. The third-order valence-electron chi connectivity index (χ3n) is 4.92. The van der Waals surface area contributed by atoms with Crippen molar-refractivity contribution in [3.63, 3.8) is 0 Å². The fourth-order valence-corrected chi connectivity index (χ4v) is 3.49. The lowest BCUT2D eigenvalue weighted by molar-refractivity contribution is 0.0297. The minimum Gasteiger partial charge on any atom is -0.379 e. The Balaban J connectivity index is 1.41. The van der Waals surface area contributed by atoms with Crippen LogP contribution in [-0.2, 0) is 11.3 Å². The minimum absolute atomic E-state index is 0.606. The van der Waals surface area contributed by atoms with Crippen LogP contribution in [0.3, 0.4) is 0 Å². The molecule has 2 aromatic rings. The molecule has 7 nitrogen and oxygen atoms in total. The Morgan fingerprint density at radius 1 is 1.20 bits per heavy atom. The van der Waals surface area contributed by atoms with E-state index >= 15 is 0 Å². The standard InChI is InChI=1S/C18H25N5O2/c1-14-3-2-6-23(12-14)16-5-4-15(11-19-16)18-20-17(25-21-18)13-22-7-9-24-10-8-22/h4-5,11,14H,2-3,6-10,12-13H2,1H3. The second-order valence-corrected chi connectivity index (χ2v) is 7.00. The Kier molecular flexibility index (Phi) is 4.94. The van der Waals surface area contributed by atoms with Crippen LogP contribution in [-0.4, -0.2) is 59.4 Å². The molecule has 0 radical (unpaired) electrons. The first-order chi connectivity index (χ1) is 12.3. The zero-order valence-electron chi connectivity index (χ0n) is 14.7. The maximum atomic E-state index is 5.40. The Hall–Kier alpha value is -1.99. The third-order valence-corrected chi connectivity index (χ3v) is 4.92. The van der Waals surface area contributed by atoms with Crippen LogP contribution in [0.1, 0.15) is 25.7 Å². The second kappa shape index (κ2) is 7.49. The van der Waals surface area contributed by atoms with Crippen LogP contribution in [0.25, 0.3) is 11.4 Å². The summed E-state index contributed by atoms with van der Waals surface area (Å²) in [5, 5.41) is 4.11. The average Bonchev–Trinajstić information content (AvgIpc) is 3.11. The van der Waals surface area contributed by atoms with E-state index in [1.54, 1.807) is 0 Å². The number of morpholine rings is 1. The van der Waals surface area contributed by atoms with Crippen molar-refractivity contribution in [1.82, 2.24) is 20.0 Å². The Morgan fingerprint density at radius 3 is 2.84 bits per heavy atom. The van der Waals surface area contributed by atoms with Crippen LogP contribution in [0.4, 0.5) is 5.82 Å². The van der Waals surface area contributed by atoms with Crippen molar-refractivity contribution in [3.05, 3.63) is 24.2 Å². The van der Waals surface area contributed by atoms with Crippen molar-refractivity contribution >= 4 is 5.82 Å². The summed E-state index contributed by atoms with van der Waals surface area (Å²) < 4.78 is 10.8. The molecular formula is C18H25N5O2. The summed E-state index contributed by atoms with van der Waals surface area (Å²) >= 11 is 0. The van der Waals surface area contributed by atoms with Gasteiger partial charge in [-0.3, -0.25) is 4.90 Å². The van der Waals surface area contributed by atoms with Gasteiger partial charge in [0.25, 0.3) is 0 Å². The highest BCUT2D eigenvalue weighted by Gasteiger charge is 2.19. The summed E-state index contributed by atoms with van der Waals surface area (Å²) in [6.45, 7) is 8.48. The van der Waals surface area contributed by atoms with Gasteiger partial charge in [-0.05, 0) is 30.9 Å². The normalized spacial score (nSPS) is 22.3. The molecule has 134 valence electrons. The maximum Gasteiger partial charge on any atom is 0.241 e. The fourth-order valence-electron chi connectivity index (χ4n) is 3.49. The van der Waals surface area contributed by atoms with Crippen LogP contribution in [0.2, 0.25) is 0 Å². The minimum atomic E-state index is 0.606. The summed E-state index contributed by atoms with van der Waals surface area (Å²) in [4.78, 5) is 13.8. The predicted octanol–water partition coefficient (Wildman–Crippen LogP) is 2.20. The molecule has 0 bridgehead atoms. The largest absolute Gasteiger partial charge is 0.379 e. The molecule has 1 unspecified atom stereocenters. The molecule has 4 rings (SSSR count). The molecule has 0 saturated carbocycles. The molecule has 0 amide bonds. The van der Waals surface area contributed by atoms with Gasteiger partial charge in [0, 0.05) is 37.9 Å². The lowest BCUT2D eigenvalue weighted by atomic mass is 10.0. The van der Waals surface area contributed by atoms with Gasteiger partial charge < -0.3 is 14.2 Å². The molecule has 0 N–H and O–H groups in total. The zero-order chi connectivity index (χ0) is 17.1. The molecule has 0 aliphatic carbocycles. The first-order valence-electron chi connectivity index (χ1n) is 9.12. The van der Waals surface area contributed by atoms with Crippen molar-refractivity contribution in [3.8, 4) is 11.4 Å². The smallest absolute Gasteiger partial charge is 0.241 e. The van der Waals surface area contributed by atoms with E-state index in [9.17, 15) is 0 Å². The molecule has 4 heterocycles. The zero-order valence-corrected chi connectivity index (χ0v) is 14.7. The summed E-state index contributed by atoms with van der Waals surface area (Å²) in [5.41, 5.74) is 0.894. The van der Waals surface area contributed by atoms with E-state index in [-0.39, 0.29) is 0 Å². The highest BCUT2D eigenvalue weighted by molar-refractivity contribution is 5.55. The van der Waals surface area contributed by atoms with Gasteiger partial charge in [-0.15, -0.1) is 0 Å². The first-order valence-corrected chi connectivity index (χ1v) is 9.12. The molecule has 0 spiro atoms. The van der Waals surface area contributed by atoms with E-state index in [0.717, 1.165) is 56.7 Å². The summed E-state index contributed by atoms with van der Waals surface area (Å²) in [7, 11) is 0. The van der Waals surface area contributed by atoms with Gasteiger partial charge in [0.1, 0.15) is 5.82 Å². The highest BCUT2D eigenvalue weighted by atomic mass is 16.5. The van der Waals surface area contributed by atoms with Crippen molar-refractivity contribution in [2.24, 2.45) is 5.92 Å². The Morgan fingerprint density at radius 2 is 2.08 bits per heavy atom.